The molecule has 0 aliphatic carbocycles. The lowest BCUT2D eigenvalue weighted by molar-refractivity contribution is 0.0617. The molecular formula is C13H21NO2. The fourth-order valence-electron chi connectivity index (χ4n) is 1.75. The highest BCUT2D eigenvalue weighted by atomic mass is 16.3. The second kappa shape index (κ2) is 6.63. The molecule has 0 fully saturated rings. The van der Waals surface area contributed by atoms with Crippen LogP contribution in [0.3, 0.4) is 0 Å². The standard InChI is InChI=1S/C13H21NO2/c1-11(9-15)14(12(2)10-16)8-13-6-4-3-5-7-13/h3-7,11-12,15-16H,8-10H2,1-2H3/t11-,12-/m1/s1. The van der Waals surface area contributed by atoms with Crippen LogP contribution >= 0.6 is 0 Å². The topological polar surface area (TPSA) is 43.7 Å². The van der Waals surface area contributed by atoms with E-state index in [1.54, 1.807) is 0 Å². The van der Waals surface area contributed by atoms with Crippen LogP contribution in [-0.4, -0.2) is 40.4 Å². The van der Waals surface area contributed by atoms with Crippen LogP contribution in [0.25, 0.3) is 0 Å². The van der Waals surface area contributed by atoms with E-state index in [-0.39, 0.29) is 25.3 Å². The van der Waals surface area contributed by atoms with Crippen molar-refractivity contribution in [1.29, 1.82) is 0 Å². The zero-order chi connectivity index (χ0) is 12.0. The van der Waals surface area contributed by atoms with Gasteiger partial charge in [-0.1, -0.05) is 30.3 Å². The van der Waals surface area contributed by atoms with E-state index in [0.29, 0.717) is 0 Å². The van der Waals surface area contributed by atoms with Gasteiger partial charge in [0.2, 0.25) is 0 Å². The minimum atomic E-state index is 0.0577. The Morgan fingerprint density at radius 1 is 1.00 bits per heavy atom. The number of aliphatic hydroxyl groups excluding tert-OH is 2. The molecule has 0 aliphatic rings. The lowest BCUT2D eigenvalue weighted by Crippen LogP contribution is -2.43. The average molecular weight is 223 g/mol. The Morgan fingerprint density at radius 2 is 1.50 bits per heavy atom. The van der Waals surface area contributed by atoms with Crippen LogP contribution in [0.1, 0.15) is 19.4 Å². The van der Waals surface area contributed by atoms with Crippen molar-refractivity contribution < 1.29 is 10.2 Å². The maximum Gasteiger partial charge on any atom is 0.0584 e. The summed E-state index contributed by atoms with van der Waals surface area (Å²) in [6.45, 7) is 4.91. The third-order valence-electron chi connectivity index (χ3n) is 2.87. The molecule has 0 amide bonds. The van der Waals surface area contributed by atoms with Crippen molar-refractivity contribution in [3.8, 4) is 0 Å². The number of aliphatic hydroxyl groups is 2. The summed E-state index contributed by atoms with van der Waals surface area (Å²) in [5, 5.41) is 18.4. The first-order valence-corrected chi connectivity index (χ1v) is 5.70. The molecule has 0 saturated carbocycles. The quantitative estimate of drug-likeness (QED) is 0.763. The first kappa shape index (κ1) is 13.2. The van der Waals surface area contributed by atoms with Crippen molar-refractivity contribution >= 4 is 0 Å². The average Bonchev–Trinajstić information content (AvgIpc) is 2.35. The zero-order valence-electron chi connectivity index (χ0n) is 10.0. The SMILES string of the molecule is C[C@H](CO)N(Cc1ccccc1)[C@H](C)CO. The van der Waals surface area contributed by atoms with Crippen molar-refractivity contribution in [2.45, 2.75) is 32.5 Å². The molecular weight excluding hydrogens is 202 g/mol. The molecule has 3 heteroatoms. The third-order valence-corrected chi connectivity index (χ3v) is 2.87. The summed E-state index contributed by atoms with van der Waals surface area (Å²) >= 11 is 0. The molecule has 0 bridgehead atoms. The van der Waals surface area contributed by atoms with Crippen molar-refractivity contribution in [1.82, 2.24) is 4.90 Å². The Balaban J connectivity index is 2.71. The molecule has 0 heterocycles. The Hall–Kier alpha value is -0.900. The van der Waals surface area contributed by atoms with Gasteiger partial charge in [0.1, 0.15) is 0 Å². The van der Waals surface area contributed by atoms with E-state index >= 15 is 0 Å². The van der Waals surface area contributed by atoms with E-state index in [1.807, 2.05) is 32.0 Å². The van der Waals surface area contributed by atoms with Gasteiger partial charge in [-0.25, -0.2) is 0 Å². The smallest absolute Gasteiger partial charge is 0.0584 e. The van der Waals surface area contributed by atoms with Gasteiger partial charge in [-0.2, -0.15) is 0 Å². The lowest BCUT2D eigenvalue weighted by atomic mass is 10.1. The highest BCUT2D eigenvalue weighted by Gasteiger charge is 2.18. The minimum absolute atomic E-state index is 0.0577. The van der Waals surface area contributed by atoms with E-state index < -0.39 is 0 Å². The highest BCUT2D eigenvalue weighted by Crippen LogP contribution is 2.11. The number of benzene rings is 1. The summed E-state index contributed by atoms with van der Waals surface area (Å²) in [6, 6.07) is 10.2. The molecule has 3 nitrogen and oxygen atoms in total. The van der Waals surface area contributed by atoms with Gasteiger partial charge >= 0.3 is 0 Å². The van der Waals surface area contributed by atoms with Crippen molar-refractivity contribution in [3.05, 3.63) is 35.9 Å². The first-order valence-electron chi connectivity index (χ1n) is 5.70. The van der Waals surface area contributed by atoms with E-state index in [0.717, 1.165) is 6.54 Å². The van der Waals surface area contributed by atoms with Crippen molar-refractivity contribution in [2.75, 3.05) is 13.2 Å². The van der Waals surface area contributed by atoms with E-state index in [4.69, 9.17) is 0 Å². The van der Waals surface area contributed by atoms with Crippen LogP contribution in [0.4, 0.5) is 0 Å². The van der Waals surface area contributed by atoms with Gasteiger partial charge in [0.05, 0.1) is 13.2 Å². The molecule has 1 aromatic carbocycles. The predicted molar refractivity (Wildman–Crippen MR) is 65.1 cm³/mol. The van der Waals surface area contributed by atoms with E-state index in [9.17, 15) is 10.2 Å². The lowest BCUT2D eigenvalue weighted by Gasteiger charge is -2.32. The molecule has 1 rings (SSSR count). The summed E-state index contributed by atoms with van der Waals surface area (Å²) in [4.78, 5) is 2.11. The van der Waals surface area contributed by atoms with Crippen molar-refractivity contribution in [2.24, 2.45) is 0 Å². The summed E-state index contributed by atoms with van der Waals surface area (Å²) < 4.78 is 0. The van der Waals surface area contributed by atoms with Crippen LogP contribution in [0.2, 0.25) is 0 Å². The van der Waals surface area contributed by atoms with Crippen LogP contribution in [-0.2, 0) is 6.54 Å². The van der Waals surface area contributed by atoms with Crippen LogP contribution in [0, 0.1) is 0 Å². The largest absolute Gasteiger partial charge is 0.395 e. The number of rotatable bonds is 6. The maximum absolute atomic E-state index is 9.20. The van der Waals surface area contributed by atoms with Gasteiger partial charge in [0, 0.05) is 18.6 Å². The van der Waals surface area contributed by atoms with E-state index in [2.05, 4.69) is 17.0 Å². The van der Waals surface area contributed by atoms with Gasteiger partial charge < -0.3 is 10.2 Å². The number of hydrogen-bond acceptors (Lipinski definition) is 3. The maximum atomic E-state index is 9.20. The van der Waals surface area contributed by atoms with Crippen LogP contribution in [0.15, 0.2) is 30.3 Å². The third kappa shape index (κ3) is 3.59. The normalized spacial score (nSPS) is 15.1. The molecule has 0 unspecified atom stereocenters. The molecule has 0 aromatic heterocycles. The fraction of sp³-hybridized carbons (Fsp3) is 0.538. The summed E-state index contributed by atoms with van der Waals surface area (Å²) in [7, 11) is 0. The van der Waals surface area contributed by atoms with Gasteiger partial charge in [-0.05, 0) is 19.4 Å². The molecule has 1 aromatic rings. The Morgan fingerprint density at radius 3 is 1.94 bits per heavy atom. The Labute approximate surface area is 97.3 Å². The first-order chi connectivity index (χ1) is 7.69. The second-order valence-corrected chi connectivity index (χ2v) is 4.22. The molecule has 2 atom stereocenters. The van der Waals surface area contributed by atoms with Crippen molar-refractivity contribution in [3.63, 3.8) is 0 Å². The predicted octanol–water partition coefficient (Wildman–Crippen LogP) is 1.25. The molecule has 16 heavy (non-hydrogen) atoms. The minimum Gasteiger partial charge on any atom is -0.395 e. The van der Waals surface area contributed by atoms with Gasteiger partial charge in [-0.15, -0.1) is 0 Å². The fourth-order valence-corrected chi connectivity index (χ4v) is 1.75. The molecule has 0 spiro atoms. The Kier molecular flexibility index (Phi) is 5.46. The van der Waals surface area contributed by atoms with Gasteiger partial charge in [0.25, 0.3) is 0 Å². The van der Waals surface area contributed by atoms with Crippen LogP contribution in [0.5, 0.6) is 0 Å². The number of nitrogens with zero attached hydrogens (tertiary/aromatic N) is 1. The molecule has 0 aliphatic heterocycles. The monoisotopic (exact) mass is 223 g/mol. The molecule has 0 saturated heterocycles. The summed E-state index contributed by atoms with van der Waals surface area (Å²) in [5.74, 6) is 0. The number of hydrogen-bond donors (Lipinski definition) is 2. The van der Waals surface area contributed by atoms with E-state index in [1.165, 1.54) is 5.56 Å². The highest BCUT2D eigenvalue weighted by molar-refractivity contribution is 5.14. The summed E-state index contributed by atoms with van der Waals surface area (Å²) in [5.41, 5.74) is 1.20. The summed E-state index contributed by atoms with van der Waals surface area (Å²) in [6.07, 6.45) is 0. The molecule has 2 N–H and O–H groups in total. The zero-order valence-corrected chi connectivity index (χ0v) is 10.0. The van der Waals surface area contributed by atoms with Crippen LogP contribution < -0.4 is 0 Å². The Bertz CT molecular complexity index is 279. The molecule has 0 radical (unpaired) electrons. The van der Waals surface area contributed by atoms with Gasteiger partial charge in [-0.3, -0.25) is 4.90 Å². The second-order valence-electron chi connectivity index (χ2n) is 4.22. The van der Waals surface area contributed by atoms with Gasteiger partial charge in [0.15, 0.2) is 0 Å². The molecule has 90 valence electrons.